The van der Waals surface area contributed by atoms with Crippen LogP contribution in [0.25, 0.3) is 0 Å². The van der Waals surface area contributed by atoms with E-state index in [1.54, 1.807) is 0 Å². The number of rotatable bonds is 4. The highest BCUT2D eigenvalue weighted by atomic mass is 35.5. The number of nitrogens with one attached hydrogen (secondary N) is 1. The molecule has 2 aromatic rings. The topological polar surface area (TPSA) is 90.6 Å². The quantitative estimate of drug-likeness (QED) is 0.534. The van der Waals surface area contributed by atoms with Gasteiger partial charge in [-0.1, -0.05) is 23.7 Å². The molecule has 0 spiro atoms. The summed E-state index contributed by atoms with van der Waals surface area (Å²) < 4.78 is 0. The molecule has 1 N–H and O–H groups in total. The van der Waals surface area contributed by atoms with Gasteiger partial charge in [0.25, 0.3) is 5.69 Å². The Bertz CT molecular complexity index is 717. The van der Waals surface area contributed by atoms with Gasteiger partial charge in [-0.25, -0.2) is 0 Å². The normalized spacial score (nSPS) is 10.8. The van der Waals surface area contributed by atoms with Crippen LogP contribution in [-0.2, 0) is 0 Å². The minimum Gasteiger partial charge on any atom is -0.867 e. The zero-order valence-corrected chi connectivity index (χ0v) is 11.8. The van der Waals surface area contributed by atoms with E-state index in [4.69, 9.17) is 11.6 Å². The van der Waals surface area contributed by atoms with Crippen molar-refractivity contribution in [1.82, 2.24) is 0 Å². The van der Waals surface area contributed by atoms with E-state index in [-0.39, 0.29) is 10.6 Å². The maximum atomic E-state index is 11.8. The van der Waals surface area contributed by atoms with Crippen LogP contribution in [0, 0.1) is 17.0 Å². The summed E-state index contributed by atoms with van der Waals surface area (Å²) in [7, 11) is 0. The Balaban J connectivity index is 2.23. The SMILES string of the molecule is Cc1cccc(N/N=C\c2cc(Cl)cc([N+](=O)[O-])c2[O-])c1. The Morgan fingerprint density at radius 1 is 1.33 bits per heavy atom. The molecule has 0 radical (unpaired) electrons. The van der Waals surface area contributed by atoms with Crippen molar-refractivity contribution in [2.75, 3.05) is 5.43 Å². The third-order valence-electron chi connectivity index (χ3n) is 2.67. The molecule has 0 aliphatic heterocycles. The number of hydrogen-bond donors (Lipinski definition) is 1. The van der Waals surface area contributed by atoms with Gasteiger partial charge in [-0.15, -0.1) is 0 Å². The minimum atomic E-state index is -0.764. The summed E-state index contributed by atoms with van der Waals surface area (Å²) in [5.74, 6) is -0.723. The second kappa shape index (κ2) is 6.23. The molecule has 0 saturated heterocycles. The second-order valence-electron chi connectivity index (χ2n) is 4.34. The van der Waals surface area contributed by atoms with Crippen LogP contribution in [-0.4, -0.2) is 11.1 Å². The van der Waals surface area contributed by atoms with Crippen LogP contribution in [0.15, 0.2) is 41.5 Å². The number of nitrogens with zero attached hydrogens (tertiary/aromatic N) is 2. The maximum absolute atomic E-state index is 11.8. The van der Waals surface area contributed by atoms with E-state index >= 15 is 0 Å². The summed E-state index contributed by atoms with van der Waals surface area (Å²) >= 11 is 5.76. The second-order valence-corrected chi connectivity index (χ2v) is 4.78. The summed E-state index contributed by atoms with van der Waals surface area (Å²) in [6.45, 7) is 1.94. The van der Waals surface area contributed by atoms with Crippen molar-refractivity contribution in [2.45, 2.75) is 6.92 Å². The molecular weight excluding hydrogens is 294 g/mol. The lowest BCUT2D eigenvalue weighted by atomic mass is 10.2. The molecule has 0 heterocycles. The van der Waals surface area contributed by atoms with Gasteiger partial charge in [-0.05, 0) is 42.0 Å². The highest BCUT2D eigenvalue weighted by Crippen LogP contribution is 2.29. The van der Waals surface area contributed by atoms with E-state index in [1.165, 1.54) is 12.3 Å². The molecule has 6 nitrogen and oxygen atoms in total. The smallest absolute Gasteiger partial charge is 0.263 e. The number of nitro benzene ring substituents is 1. The van der Waals surface area contributed by atoms with E-state index in [0.717, 1.165) is 17.3 Å². The summed E-state index contributed by atoms with van der Waals surface area (Å²) in [5, 5.41) is 26.6. The Morgan fingerprint density at radius 3 is 2.76 bits per heavy atom. The van der Waals surface area contributed by atoms with Crippen molar-refractivity contribution in [3.05, 3.63) is 62.7 Å². The van der Waals surface area contributed by atoms with Crippen LogP contribution in [0.1, 0.15) is 11.1 Å². The monoisotopic (exact) mass is 304 g/mol. The van der Waals surface area contributed by atoms with Crippen LogP contribution in [0.4, 0.5) is 11.4 Å². The van der Waals surface area contributed by atoms with Gasteiger partial charge in [0.15, 0.2) is 0 Å². The molecular formula is C14H11ClN3O3-. The zero-order valence-electron chi connectivity index (χ0n) is 11.0. The van der Waals surface area contributed by atoms with Gasteiger partial charge in [0.05, 0.1) is 16.8 Å². The van der Waals surface area contributed by atoms with Crippen molar-refractivity contribution < 1.29 is 10.0 Å². The number of halogens is 1. The first kappa shape index (κ1) is 14.8. The van der Waals surface area contributed by atoms with Crippen LogP contribution in [0.5, 0.6) is 5.75 Å². The zero-order chi connectivity index (χ0) is 15.4. The Kier molecular flexibility index (Phi) is 4.39. The number of hydrogen-bond acceptors (Lipinski definition) is 5. The van der Waals surface area contributed by atoms with E-state index in [1.807, 2.05) is 31.2 Å². The number of nitro groups is 1. The molecule has 2 aromatic carbocycles. The number of aryl methyl sites for hydroxylation is 1. The third-order valence-corrected chi connectivity index (χ3v) is 2.89. The summed E-state index contributed by atoms with van der Waals surface area (Å²) in [5.41, 5.74) is 4.03. The Hall–Kier alpha value is -2.60. The first-order valence-electron chi connectivity index (χ1n) is 5.98. The number of hydrazone groups is 1. The third kappa shape index (κ3) is 3.70. The fourth-order valence-corrected chi connectivity index (χ4v) is 1.94. The lowest BCUT2D eigenvalue weighted by Crippen LogP contribution is -2.03. The molecule has 2 rings (SSSR count). The fourth-order valence-electron chi connectivity index (χ4n) is 1.72. The van der Waals surface area contributed by atoms with E-state index < -0.39 is 16.4 Å². The minimum absolute atomic E-state index is 0.0503. The first-order chi connectivity index (χ1) is 9.97. The van der Waals surface area contributed by atoms with Crippen LogP contribution in [0.3, 0.4) is 0 Å². The average Bonchev–Trinajstić information content (AvgIpc) is 2.42. The van der Waals surface area contributed by atoms with Gasteiger partial charge in [0, 0.05) is 11.1 Å². The maximum Gasteiger partial charge on any atom is 0.263 e. The predicted molar refractivity (Wildman–Crippen MR) is 79.9 cm³/mol. The van der Waals surface area contributed by atoms with Crippen molar-refractivity contribution in [3.8, 4) is 5.75 Å². The van der Waals surface area contributed by atoms with E-state index in [2.05, 4.69) is 10.5 Å². The molecule has 0 aliphatic rings. The predicted octanol–water partition coefficient (Wildman–Crippen LogP) is 3.08. The van der Waals surface area contributed by atoms with Gasteiger partial charge < -0.3 is 5.11 Å². The van der Waals surface area contributed by atoms with E-state index in [9.17, 15) is 15.2 Å². The molecule has 108 valence electrons. The molecule has 0 amide bonds. The van der Waals surface area contributed by atoms with Crippen LogP contribution >= 0.6 is 11.6 Å². The summed E-state index contributed by atoms with van der Waals surface area (Å²) in [6.07, 6.45) is 1.21. The van der Waals surface area contributed by atoms with Crippen molar-refractivity contribution in [1.29, 1.82) is 0 Å². The highest BCUT2D eigenvalue weighted by Gasteiger charge is 2.11. The van der Waals surface area contributed by atoms with Gasteiger partial charge in [0.2, 0.25) is 0 Å². The molecule has 0 atom stereocenters. The van der Waals surface area contributed by atoms with Gasteiger partial charge in [-0.2, -0.15) is 5.10 Å². The van der Waals surface area contributed by atoms with E-state index in [0.29, 0.717) is 0 Å². The Morgan fingerprint density at radius 2 is 2.10 bits per heavy atom. The summed E-state index contributed by atoms with van der Waals surface area (Å²) in [4.78, 5) is 9.98. The lowest BCUT2D eigenvalue weighted by Gasteiger charge is -2.10. The van der Waals surface area contributed by atoms with Crippen molar-refractivity contribution >= 4 is 29.2 Å². The van der Waals surface area contributed by atoms with Crippen molar-refractivity contribution in [3.63, 3.8) is 0 Å². The standard InChI is InChI=1S/C14H12ClN3O3/c1-9-3-2-4-12(5-9)17-16-8-10-6-11(15)7-13(14(10)19)18(20)21/h2-8,17,19H,1H3/p-1/b16-8-. The fraction of sp³-hybridized carbons (Fsp3) is 0.0714. The average molecular weight is 305 g/mol. The van der Waals surface area contributed by atoms with Gasteiger partial charge in [0.1, 0.15) is 0 Å². The lowest BCUT2D eigenvalue weighted by molar-refractivity contribution is -0.398. The molecule has 21 heavy (non-hydrogen) atoms. The molecule has 0 aliphatic carbocycles. The van der Waals surface area contributed by atoms with Gasteiger partial charge >= 0.3 is 0 Å². The van der Waals surface area contributed by atoms with Crippen LogP contribution in [0.2, 0.25) is 5.02 Å². The molecule has 0 saturated carbocycles. The molecule has 7 heteroatoms. The first-order valence-corrected chi connectivity index (χ1v) is 6.36. The molecule has 0 unspecified atom stereocenters. The van der Waals surface area contributed by atoms with Gasteiger partial charge in [-0.3, -0.25) is 15.5 Å². The van der Waals surface area contributed by atoms with Crippen molar-refractivity contribution in [2.24, 2.45) is 5.10 Å². The number of anilines is 1. The van der Waals surface area contributed by atoms with Crippen LogP contribution < -0.4 is 10.5 Å². The molecule has 0 aromatic heterocycles. The summed E-state index contributed by atoms with van der Waals surface area (Å²) in [6, 6.07) is 9.83. The number of benzene rings is 2. The molecule has 0 bridgehead atoms. The molecule has 0 fully saturated rings. The largest absolute Gasteiger partial charge is 0.867 e. The highest BCUT2D eigenvalue weighted by molar-refractivity contribution is 6.31. The Labute approximate surface area is 125 Å².